The van der Waals surface area contributed by atoms with Gasteiger partial charge in [0.05, 0.1) is 12.5 Å². The van der Waals surface area contributed by atoms with Gasteiger partial charge in [-0.05, 0) is 13.8 Å². The maximum Gasteiger partial charge on any atom is 0.518 e. The van der Waals surface area contributed by atoms with Crippen LogP contribution in [0.3, 0.4) is 0 Å². The number of ether oxygens (including phenoxy) is 4. The van der Waals surface area contributed by atoms with Crippen LogP contribution in [0.4, 0.5) is 9.59 Å². The summed E-state index contributed by atoms with van der Waals surface area (Å²) in [6, 6.07) is 0. The highest BCUT2D eigenvalue weighted by Gasteiger charge is 2.09. The van der Waals surface area contributed by atoms with Crippen molar-refractivity contribution in [1.29, 1.82) is 0 Å². The number of allylic oxidation sites excluding steroid dienone is 2. The van der Waals surface area contributed by atoms with Crippen molar-refractivity contribution in [3.8, 4) is 0 Å². The monoisotopic (exact) mass is 230 g/mol. The third kappa shape index (κ3) is 8.61. The minimum absolute atomic E-state index is 0.416. The van der Waals surface area contributed by atoms with E-state index in [-0.39, 0.29) is 0 Å². The Morgan fingerprint density at radius 1 is 1.12 bits per heavy atom. The molecule has 0 unspecified atom stereocenters. The van der Waals surface area contributed by atoms with Gasteiger partial charge in [-0.1, -0.05) is 12.2 Å². The quantitative estimate of drug-likeness (QED) is 0.535. The van der Waals surface area contributed by atoms with Gasteiger partial charge in [0.2, 0.25) is 0 Å². The molecule has 1 saturated heterocycles. The molecule has 1 aliphatic heterocycles. The van der Waals surface area contributed by atoms with Crippen molar-refractivity contribution in [2.24, 2.45) is 0 Å². The van der Waals surface area contributed by atoms with E-state index in [1.165, 1.54) is 12.5 Å². The molecule has 0 bridgehead atoms. The predicted octanol–water partition coefficient (Wildman–Crippen LogP) is 2.36. The fourth-order valence-electron chi connectivity index (χ4n) is 0.567. The molecule has 16 heavy (non-hydrogen) atoms. The first-order chi connectivity index (χ1) is 7.70. The van der Waals surface area contributed by atoms with Crippen LogP contribution in [-0.4, -0.2) is 25.5 Å². The van der Waals surface area contributed by atoms with Crippen molar-refractivity contribution in [1.82, 2.24) is 0 Å². The highest BCUT2D eigenvalue weighted by atomic mass is 16.8. The number of hydrogen-bond donors (Lipinski definition) is 0. The van der Waals surface area contributed by atoms with E-state index in [1.807, 2.05) is 0 Å². The first kappa shape index (κ1) is 14.0. The Hall–Kier alpha value is -1.98. The van der Waals surface area contributed by atoms with Gasteiger partial charge in [-0.15, -0.1) is 0 Å². The molecule has 0 amide bonds. The summed E-state index contributed by atoms with van der Waals surface area (Å²) < 4.78 is 17.4. The van der Waals surface area contributed by atoms with Gasteiger partial charge in [0.1, 0.15) is 13.2 Å². The molecule has 0 spiro atoms. The topological polar surface area (TPSA) is 71.1 Å². The van der Waals surface area contributed by atoms with E-state index in [9.17, 15) is 9.59 Å². The Morgan fingerprint density at radius 2 is 1.56 bits per heavy atom. The molecule has 0 saturated carbocycles. The third-order valence-corrected chi connectivity index (χ3v) is 1.12. The molecule has 0 atom stereocenters. The largest absolute Gasteiger partial charge is 0.518 e. The molecule has 6 nitrogen and oxygen atoms in total. The summed E-state index contributed by atoms with van der Waals surface area (Å²) in [6.45, 7) is 4.31. The normalized spacial score (nSPS) is 14.0. The van der Waals surface area contributed by atoms with Gasteiger partial charge in [-0.25, -0.2) is 9.59 Å². The SMILES string of the molecule is CC=COC(=O)OC=CC.O=C1OCCO1. The minimum Gasteiger partial charge on any atom is -0.431 e. The smallest absolute Gasteiger partial charge is 0.431 e. The lowest BCUT2D eigenvalue weighted by atomic mass is 10.7. The van der Waals surface area contributed by atoms with E-state index in [4.69, 9.17) is 0 Å². The molecule has 0 aliphatic carbocycles. The lowest BCUT2D eigenvalue weighted by Gasteiger charge is -1.93. The standard InChI is InChI=1S/C7H10O3.C3H4O3/c1-3-5-9-7(8)10-6-4-2;4-3-5-1-2-6-3/h3-6H,1-2H3;1-2H2. The average molecular weight is 230 g/mol. The summed E-state index contributed by atoms with van der Waals surface area (Å²) in [4.78, 5) is 20.2. The van der Waals surface area contributed by atoms with Crippen LogP contribution >= 0.6 is 0 Å². The van der Waals surface area contributed by atoms with Gasteiger partial charge < -0.3 is 18.9 Å². The van der Waals surface area contributed by atoms with Crippen LogP contribution in [0.1, 0.15) is 13.8 Å². The Morgan fingerprint density at radius 3 is 1.81 bits per heavy atom. The molecule has 90 valence electrons. The minimum atomic E-state index is -0.726. The molecule has 0 radical (unpaired) electrons. The molecule has 0 aromatic carbocycles. The second-order valence-corrected chi connectivity index (χ2v) is 2.37. The molecule has 0 aromatic rings. The molecular weight excluding hydrogens is 216 g/mol. The Bertz CT molecular complexity index is 244. The van der Waals surface area contributed by atoms with Crippen molar-refractivity contribution in [2.45, 2.75) is 13.8 Å². The van der Waals surface area contributed by atoms with Gasteiger partial charge in [-0.3, -0.25) is 0 Å². The molecular formula is C10H14O6. The Balaban J connectivity index is 0.000000315. The molecule has 1 aliphatic rings. The zero-order chi connectivity index (χ0) is 12.2. The first-order valence-corrected chi connectivity index (χ1v) is 4.59. The summed E-state index contributed by atoms with van der Waals surface area (Å²) in [5.41, 5.74) is 0. The van der Waals surface area contributed by atoms with Crippen molar-refractivity contribution in [3.63, 3.8) is 0 Å². The van der Waals surface area contributed by atoms with Crippen LogP contribution < -0.4 is 0 Å². The number of hydrogen-bond acceptors (Lipinski definition) is 6. The van der Waals surface area contributed by atoms with Crippen LogP contribution in [0.2, 0.25) is 0 Å². The van der Waals surface area contributed by atoms with E-state index >= 15 is 0 Å². The summed E-state index contributed by atoms with van der Waals surface area (Å²) in [6.07, 6.45) is 4.43. The van der Waals surface area contributed by atoms with Crippen molar-refractivity contribution < 1.29 is 28.5 Å². The van der Waals surface area contributed by atoms with Crippen LogP contribution in [-0.2, 0) is 18.9 Å². The Labute approximate surface area is 93.4 Å². The van der Waals surface area contributed by atoms with Gasteiger partial charge in [0.25, 0.3) is 0 Å². The second kappa shape index (κ2) is 9.57. The van der Waals surface area contributed by atoms with Crippen LogP contribution in [0, 0.1) is 0 Å². The zero-order valence-corrected chi connectivity index (χ0v) is 9.17. The van der Waals surface area contributed by atoms with Crippen LogP contribution in [0.5, 0.6) is 0 Å². The van der Waals surface area contributed by atoms with Gasteiger partial charge in [0.15, 0.2) is 0 Å². The van der Waals surface area contributed by atoms with Gasteiger partial charge in [0, 0.05) is 0 Å². The van der Waals surface area contributed by atoms with Crippen LogP contribution in [0.25, 0.3) is 0 Å². The highest BCUT2D eigenvalue weighted by Crippen LogP contribution is 1.92. The number of carbonyl (C=O) groups is 2. The van der Waals surface area contributed by atoms with Gasteiger partial charge in [-0.2, -0.15) is 0 Å². The third-order valence-electron chi connectivity index (χ3n) is 1.12. The molecule has 1 fully saturated rings. The van der Waals surface area contributed by atoms with E-state index in [1.54, 1.807) is 26.0 Å². The predicted molar refractivity (Wildman–Crippen MR) is 54.5 cm³/mol. The van der Waals surface area contributed by atoms with E-state index < -0.39 is 12.3 Å². The molecule has 1 rings (SSSR count). The maximum absolute atomic E-state index is 10.4. The molecule has 0 aromatic heterocycles. The van der Waals surface area contributed by atoms with E-state index in [0.717, 1.165) is 0 Å². The lowest BCUT2D eigenvalue weighted by molar-refractivity contribution is 0.119. The summed E-state index contributed by atoms with van der Waals surface area (Å²) in [5, 5.41) is 0. The molecule has 0 N–H and O–H groups in total. The molecule has 1 heterocycles. The summed E-state index contributed by atoms with van der Waals surface area (Å²) in [7, 11) is 0. The first-order valence-electron chi connectivity index (χ1n) is 4.59. The van der Waals surface area contributed by atoms with E-state index in [0.29, 0.717) is 13.2 Å². The molecule has 6 heteroatoms. The number of carbonyl (C=O) groups excluding carboxylic acids is 2. The lowest BCUT2D eigenvalue weighted by Crippen LogP contribution is -1.97. The fourth-order valence-corrected chi connectivity index (χ4v) is 0.567. The summed E-state index contributed by atoms with van der Waals surface area (Å²) >= 11 is 0. The van der Waals surface area contributed by atoms with Crippen molar-refractivity contribution >= 4 is 12.3 Å². The number of cyclic esters (lactones) is 2. The van der Waals surface area contributed by atoms with Crippen LogP contribution in [0.15, 0.2) is 24.7 Å². The Kier molecular flexibility index (Phi) is 8.39. The number of rotatable bonds is 2. The fraction of sp³-hybridized carbons (Fsp3) is 0.400. The second-order valence-electron chi connectivity index (χ2n) is 2.37. The average Bonchev–Trinajstić information content (AvgIpc) is 2.75. The van der Waals surface area contributed by atoms with Crippen molar-refractivity contribution in [2.75, 3.05) is 13.2 Å². The highest BCUT2D eigenvalue weighted by molar-refractivity contribution is 5.61. The van der Waals surface area contributed by atoms with E-state index in [2.05, 4.69) is 18.9 Å². The van der Waals surface area contributed by atoms with Crippen molar-refractivity contribution in [3.05, 3.63) is 24.7 Å². The van der Waals surface area contributed by atoms with Gasteiger partial charge >= 0.3 is 12.3 Å². The zero-order valence-electron chi connectivity index (χ0n) is 9.17. The summed E-state index contributed by atoms with van der Waals surface area (Å²) in [5.74, 6) is 0. The maximum atomic E-state index is 10.4.